The number of benzene rings is 3. The molecule has 1 atom stereocenters. The van der Waals surface area contributed by atoms with E-state index in [1.54, 1.807) is 16.3 Å². The van der Waals surface area contributed by atoms with Gasteiger partial charge in [0, 0.05) is 12.1 Å². The Bertz CT molecular complexity index is 1800. The standard InChI is InChI=1S/C35H34N6O3S2/c1-3-44-28-17-15-27(16-18-28)40-32(22-36-33(42)20-25-8-5-4-6-9-25)37-38-35(40)46-23-34(43)41-30(26-13-11-24(2)12-14-26)21-29(39-41)31-10-7-19-45-31/h4-19,30H,3,20-23H2,1-2H3,(H,36,42)/t30-/m1/s1. The number of rotatable bonds is 12. The predicted octanol–water partition coefficient (Wildman–Crippen LogP) is 6.36. The Morgan fingerprint density at radius 3 is 2.48 bits per heavy atom. The molecule has 2 amide bonds. The van der Waals surface area contributed by atoms with Crippen LogP contribution in [0.2, 0.25) is 0 Å². The van der Waals surface area contributed by atoms with Crippen molar-refractivity contribution in [3.63, 3.8) is 0 Å². The lowest BCUT2D eigenvalue weighted by atomic mass is 10.00. The summed E-state index contributed by atoms with van der Waals surface area (Å²) in [5, 5.41) is 20.8. The van der Waals surface area contributed by atoms with Gasteiger partial charge in [-0.25, -0.2) is 5.01 Å². The number of carbonyl (C=O) groups excluding carboxylic acids is 2. The van der Waals surface area contributed by atoms with E-state index in [1.807, 2.05) is 83.6 Å². The van der Waals surface area contributed by atoms with Crippen LogP contribution in [-0.2, 0) is 22.6 Å². The summed E-state index contributed by atoms with van der Waals surface area (Å²) in [7, 11) is 0. The number of ether oxygens (including phenoxy) is 1. The van der Waals surface area contributed by atoms with Crippen molar-refractivity contribution in [2.45, 2.75) is 44.4 Å². The zero-order valence-corrected chi connectivity index (χ0v) is 27.3. The second kappa shape index (κ2) is 14.6. The van der Waals surface area contributed by atoms with Crippen molar-refractivity contribution in [2.24, 2.45) is 5.10 Å². The molecular formula is C35H34N6O3S2. The van der Waals surface area contributed by atoms with Crippen molar-refractivity contribution in [3.8, 4) is 11.4 Å². The van der Waals surface area contributed by atoms with Gasteiger partial charge in [0.1, 0.15) is 5.75 Å². The first-order valence-electron chi connectivity index (χ1n) is 15.1. The Labute approximate surface area is 276 Å². The van der Waals surface area contributed by atoms with Crippen LogP contribution in [0.4, 0.5) is 0 Å². The summed E-state index contributed by atoms with van der Waals surface area (Å²) in [4.78, 5) is 27.6. The molecule has 234 valence electrons. The Morgan fingerprint density at radius 1 is 0.978 bits per heavy atom. The first kappa shape index (κ1) is 31.3. The van der Waals surface area contributed by atoms with Crippen molar-refractivity contribution in [1.29, 1.82) is 0 Å². The van der Waals surface area contributed by atoms with Gasteiger partial charge in [-0.2, -0.15) is 5.10 Å². The molecule has 3 heterocycles. The van der Waals surface area contributed by atoms with Gasteiger partial charge in [0.15, 0.2) is 11.0 Å². The van der Waals surface area contributed by atoms with Gasteiger partial charge in [-0.15, -0.1) is 21.5 Å². The number of amides is 2. The molecule has 46 heavy (non-hydrogen) atoms. The number of nitrogens with zero attached hydrogens (tertiary/aromatic N) is 5. The van der Waals surface area contributed by atoms with Crippen LogP contribution in [0.15, 0.2) is 107 Å². The van der Waals surface area contributed by atoms with Crippen molar-refractivity contribution >= 4 is 40.6 Å². The highest BCUT2D eigenvalue weighted by Crippen LogP contribution is 2.35. The molecule has 0 bridgehead atoms. The number of carbonyl (C=O) groups is 2. The van der Waals surface area contributed by atoms with Crippen LogP contribution in [0.25, 0.3) is 5.69 Å². The maximum atomic E-state index is 13.8. The number of thioether (sulfide) groups is 1. The molecule has 1 aliphatic heterocycles. The molecule has 3 aromatic carbocycles. The first-order valence-corrected chi connectivity index (χ1v) is 17.0. The molecule has 1 N–H and O–H groups in total. The van der Waals surface area contributed by atoms with Gasteiger partial charge in [0.2, 0.25) is 5.91 Å². The summed E-state index contributed by atoms with van der Waals surface area (Å²) in [6.07, 6.45) is 0.912. The fraction of sp³-hybridized carbons (Fsp3) is 0.229. The molecule has 5 aromatic rings. The minimum atomic E-state index is -0.190. The molecule has 0 unspecified atom stereocenters. The average molecular weight is 651 g/mol. The molecule has 0 fully saturated rings. The van der Waals surface area contributed by atoms with Gasteiger partial charge in [0.05, 0.1) is 42.0 Å². The van der Waals surface area contributed by atoms with Gasteiger partial charge in [-0.3, -0.25) is 14.2 Å². The first-order chi connectivity index (χ1) is 22.5. The summed E-state index contributed by atoms with van der Waals surface area (Å²) < 4.78 is 7.51. The Balaban J connectivity index is 1.22. The smallest absolute Gasteiger partial charge is 0.253 e. The number of nitrogens with one attached hydrogen (secondary N) is 1. The van der Waals surface area contributed by atoms with Crippen molar-refractivity contribution < 1.29 is 14.3 Å². The summed E-state index contributed by atoms with van der Waals surface area (Å²) in [6.45, 7) is 4.73. The predicted molar refractivity (Wildman–Crippen MR) is 181 cm³/mol. The fourth-order valence-electron chi connectivity index (χ4n) is 5.22. The average Bonchev–Trinajstić information content (AvgIpc) is 3.85. The monoisotopic (exact) mass is 650 g/mol. The van der Waals surface area contributed by atoms with E-state index >= 15 is 0 Å². The lowest BCUT2D eigenvalue weighted by molar-refractivity contribution is -0.130. The molecule has 0 saturated carbocycles. The van der Waals surface area contributed by atoms with Gasteiger partial charge in [0.25, 0.3) is 5.91 Å². The largest absolute Gasteiger partial charge is 0.494 e. The highest BCUT2D eigenvalue weighted by atomic mass is 32.2. The van der Waals surface area contributed by atoms with Crippen molar-refractivity contribution in [1.82, 2.24) is 25.1 Å². The van der Waals surface area contributed by atoms with Gasteiger partial charge in [-0.05, 0) is 60.7 Å². The van der Waals surface area contributed by atoms with Crippen molar-refractivity contribution in [3.05, 3.63) is 124 Å². The number of hydrogen-bond donors (Lipinski definition) is 1. The Hall–Kier alpha value is -4.74. The van der Waals surface area contributed by atoms with E-state index in [-0.39, 0.29) is 36.6 Å². The third-order valence-electron chi connectivity index (χ3n) is 7.52. The summed E-state index contributed by atoms with van der Waals surface area (Å²) in [6, 6.07) is 29.3. The number of aryl methyl sites for hydroxylation is 1. The van der Waals surface area contributed by atoms with Crippen LogP contribution >= 0.6 is 23.1 Å². The zero-order chi connectivity index (χ0) is 31.9. The second-order valence-electron chi connectivity index (χ2n) is 10.8. The molecule has 6 rings (SSSR count). The van der Waals surface area contributed by atoms with Crippen LogP contribution in [-0.4, -0.2) is 49.7 Å². The minimum absolute atomic E-state index is 0.110. The molecular weight excluding hydrogens is 617 g/mol. The second-order valence-corrected chi connectivity index (χ2v) is 12.7. The van der Waals surface area contributed by atoms with E-state index in [0.717, 1.165) is 38.7 Å². The normalized spacial score (nSPS) is 14.3. The van der Waals surface area contributed by atoms with Crippen LogP contribution < -0.4 is 10.1 Å². The highest BCUT2D eigenvalue weighted by molar-refractivity contribution is 7.99. The quantitative estimate of drug-likeness (QED) is 0.158. The summed E-state index contributed by atoms with van der Waals surface area (Å²) >= 11 is 2.92. The molecule has 1 aliphatic rings. The third kappa shape index (κ3) is 7.38. The lowest BCUT2D eigenvalue weighted by Gasteiger charge is -2.22. The van der Waals surface area contributed by atoms with Crippen LogP contribution in [0.1, 0.15) is 46.8 Å². The maximum Gasteiger partial charge on any atom is 0.253 e. The zero-order valence-electron chi connectivity index (χ0n) is 25.6. The van der Waals surface area contributed by atoms with Crippen LogP contribution in [0, 0.1) is 6.92 Å². The third-order valence-corrected chi connectivity index (χ3v) is 9.35. The minimum Gasteiger partial charge on any atom is -0.494 e. The fourth-order valence-corrected chi connectivity index (χ4v) is 6.76. The molecule has 0 spiro atoms. The van der Waals surface area contributed by atoms with Gasteiger partial charge in [-0.1, -0.05) is 78.0 Å². The number of hydrogen-bond acceptors (Lipinski definition) is 8. The van der Waals surface area contributed by atoms with E-state index in [0.29, 0.717) is 24.0 Å². The topological polar surface area (TPSA) is 102 Å². The Morgan fingerprint density at radius 2 is 1.76 bits per heavy atom. The van der Waals surface area contributed by atoms with E-state index < -0.39 is 0 Å². The molecule has 0 saturated heterocycles. The SMILES string of the molecule is CCOc1ccc(-n2c(CNC(=O)Cc3ccccc3)nnc2SCC(=O)N2N=C(c3cccs3)C[C@@H]2c2ccc(C)cc2)cc1. The number of aromatic nitrogens is 3. The van der Waals surface area contributed by atoms with Crippen LogP contribution in [0.5, 0.6) is 5.75 Å². The van der Waals surface area contributed by atoms with E-state index in [1.165, 1.54) is 11.8 Å². The Kier molecular flexibility index (Phi) is 9.90. The van der Waals surface area contributed by atoms with Crippen molar-refractivity contribution in [2.75, 3.05) is 12.4 Å². The number of thiophene rings is 1. The highest BCUT2D eigenvalue weighted by Gasteiger charge is 2.33. The van der Waals surface area contributed by atoms with Gasteiger partial charge >= 0.3 is 0 Å². The lowest BCUT2D eigenvalue weighted by Crippen LogP contribution is -2.28. The van der Waals surface area contributed by atoms with E-state index in [2.05, 4.69) is 46.7 Å². The molecule has 9 nitrogen and oxygen atoms in total. The summed E-state index contributed by atoms with van der Waals surface area (Å²) in [5.41, 5.74) is 4.84. The number of hydrazone groups is 1. The molecule has 11 heteroatoms. The molecule has 0 radical (unpaired) electrons. The van der Waals surface area contributed by atoms with E-state index in [4.69, 9.17) is 9.84 Å². The molecule has 2 aromatic heterocycles. The molecule has 0 aliphatic carbocycles. The van der Waals surface area contributed by atoms with Gasteiger partial charge < -0.3 is 10.1 Å². The van der Waals surface area contributed by atoms with E-state index in [9.17, 15) is 9.59 Å². The van der Waals surface area contributed by atoms with Crippen LogP contribution in [0.3, 0.4) is 0 Å². The summed E-state index contributed by atoms with van der Waals surface area (Å²) in [5.74, 6) is 1.17. The maximum absolute atomic E-state index is 13.8.